The number of allylic oxidation sites excluding steroid dienone is 1. The Morgan fingerprint density at radius 2 is 1.70 bits per heavy atom. The Labute approximate surface area is 159 Å². The van der Waals surface area contributed by atoms with Crippen LogP contribution in [0.25, 0.3) is 22.7 Å². The number of hydrogen-bond donors (Lipinski definition) is 1. The highest BCUT2D eigenvalue weighted by Crippen LogP contribution is 2.28. The standard InChI is InChI=1S/C22H15NO3S/c24-19(13-12-16-9-6-14-27-16)20-21(25)17-10-4-5-11-18(17)23(22(20)26)15-7-2-1-3-8-15/h1-14,25H. The van der Waals surface area contributed by atoms with E-state index in [1.165, 1.54) is 22.0 Å². The predicted octanol–water partition coefficient (Wildman–Crippen LogP) is 4.65. The van der Waals surface area contributed by atoms with Crippen LogP contribution in [0.5, 0.6) is 5.75 Å². The lowest BCUT2D eigenvalue weighted by atomic mass is 10.1. The van der Waals surface area contributed by atoms with Crippen LogP contribution in [-0.2, 0) is 0 Å². The Morgan fingerprint density at radius 3 is 2.44 bits per heavy atom. The van der Waals surface area contributed by atoms with Crippen LogP contribution >= 0.6 is 11.3 Å². The summed E-state index contributed by atoms with van der Waals surface area (Å²) in [5.74, 6) is -0.815. The molecule has 4 aromatic rings. The van der Waals surface area contributed by atoms with Crippen molar-refractivity contribution in [2.24, 2.45) is 0 Å². The van der Waals surface area contributed by atoms with Crippen molar-refractivity contribution < 1.29 is 9.90 Å². The van der Waals surface area contributed by atoms with E-state index >= 15 is 0 Å². The fraction of sp³-hybridized carbons (Fsp3) is 0. The minimum absolute atomic E-state index is 0.231. The maximum atomic E-state index is 13.2. The summed E-state index contributed by atoms with van der Waals surface area (Å²) >= 11 is 1.49. The first-order valence-electron chi connectivity index (χ1n) is 8.35. The normalized spacial score (nSPS) is 11.3. The van der Waals surface area contributed by atoms with E-state index in [2.05, 4.69) is 0 Å². The number of rotatable bonds is 4. The molecule has 2 aromatic carbocycles. The van der Waals surface area contributed by atoms with Gasteiger partial charge in [-0.05, 0) is 47.9 Å². The quantitative estimate of drug-likeness (QED) is 0.418. The molecule has 0 bridgehead atoms. The van der Waals surface area contributed by atoms with Gasteiger partial charge in [0.15, 0.2) is 5.78 Å². The first kappa shape index (κ1) is 17.0. The van der Waals surface area contributed by atoms with Crippen LogP contribution in [0.15, 0.2) is 83.0 Å². The van der Waals surface area contributed by atoms with E-state index in [9.17, 15) is 14.7 Å². The number of ketones is 1. The van der Waals surface area contributed by atoms with Crippen molar-refractivity contribution in [1.29, 1.82) is 0 Å². The number of carbonyl (C=O) groups excluding carboxylic acids is 1. The van der Waals surface area contributed by atoms with Gasteiger partial charge in [-0.2, -0.15) is 0 Å². The highest BCUT2D eigenvalue weighted by Gasteiger charge is 2.21. The largest absolute Gasteiger partial charge is 0.506 e. The average Bonchev–Trinajstić information content (AvgIpc) is 3.21. The molecule has 2 aromatic heterocycles. The molecule has 1 N–H and O–H groups in total. The van der Waals surface area contributed by atoms with Crippen molar-refractivity contribution >= 4 is 34.1 Å². The lowest BCUT2D eigenvalue weighted by Crippen LogP contribution is -2.25. The second-order valence-electron chi connectivity index (χ2n) is 5.93. The van der Waals surface area contributed by atoms with E-state index < -0.39 is 11.3 Å². The molecule has 0 atom stereocenters. The molecular formula is C22H15NO3S. The minimum Gasteiger partial charge on any atom is -0.506 e. The summed E-state index contributed by atoms with van der Waals surface area (Å²) in [6, 6.07) is 19.8. The lowest BCUT2D eigenvalue weighted by molar-refractivity contribution is 0.104. The average molecular weight is 373 g/mol. The van der Waals surface area contributed by atoms with Crippen LogP contribution in [-0.4, -0.2) is 15.5 Å². The zero-order valence-electron chi connectivity index (χ0n) is 14.2. The van der Waals surface area contributed by atoms with Gasteiger partial charge in [0, 0.05) is 16.0 Å². The third kappa shape index (κ3) is 3.09. The molecule has 0 radical (unpaired) electrons. The zero-order valence-corrected chi connectivity index (χ0v) is 15.0. The van der Waals surface area contributed by atoms with E-state index in [0.29, 0.717) is 16.6 Å². The summed E-state index contributed by atoms with van der Waals surface area (Å²) in [6.07, 6.45) is 2.97. The Balaban J connectivity index is 1.96. The third-order valence-electron chi connectivity index (χ3n) is 4.26. The second kappa shape index (κ2) is 7.05. The molecule has 5 heteroatoms. The summed E-state index contributed by atoms with van der Waals surface area (Å²) in [4.78, 5) is 26.8. The number of pyridine rings is 1. The highest BCUT2D eigenvalue weighted by atomic mass is 32.1. The van der Waals surface area contributed by atoms with Crippen molar-refractivity contribution in [2.75, 3.05) is 0 Å². The molecule has 2 heterocycles. The van der Waals surface area contributed by atoms with E-state index in [0.717, 1.165) is 4.88 Å². The van der Waals surface area contributed by atoms with Crippen molar-refractivity contribution in [3.8, 4) is 11.4 Å². The molecule has 0 spiro atoms. The zero-order chi connectivity index (χ0) is 18.8. The molecule has 0 amide bonds. The van der Waals surface area contributed by atoms with Gasteiger partial charge in [0.05, 0.1) is 5.52 Å². The molecular weight excluding hydrogens is 358 g/mol. The number of benzene rings is 2. The molecule has 0 unspecified atom stereocenters. The fourth-order valence-corrected chi connectivity index (χ4v) is 3.63. The first-order valence-corrected chi connectivity index (χ1v) is 9.23. The van der Waals surface area contributed by atoms with Gasteiger partial charge < -0.3 is 5.11 Å². The molecule has 0 aliphatic heterocycles. The number of nitrogens with zero attached hydrogens (tertiary/aromatic N) is 1. The van der Waals surface area contributed by atoms with Gasteiger partial charge >= 0.3 is 0 Å². The maximum absolute atomic E-state index is 13.2. The summed E-state index contributed by atoms with van der Waals surface area (Å²) in [6.45, 7) is 0. The topological polar surface area (TPSA) is 59.3 Å². The minimum atomic E-state index is -0.543. The van der Waals surface area contributed by atoms with E-state index in [1.807, 2.05) is 35.7 Å². The fourth-order valence-electron chi connectivity index (χ4n) is 3.01. The van der Waals surface area contributed by atoms with E-state index in [-0.39, 0.29) is 11.3 Å². The monoisotopic (exact) mass is 373 g/mol. The summed E-state index contributed by atoms with van der Waals surface area (Å²) in [7, 11) is 0. The summed E-state index contributed by atoms with van der Waals surface area (Å²) in [5, 5.41) is 13.0. The van der Waals surface area contributed by atoms with Crippen molar-refractivity contribution in [3.63, 3.8) is 0 Å². The van der Waals surface area contributed by atoms with Crippen LogP contribution in [0.2, 0.25) is 0 Å². The number of fused-ring (bicyclic) bond motifs is 1. The Kier molecular flexibility index (Phi) is 4.44. The number of hydrogen-bond acceptors (Lipinski definition) is 4. The molecule has 0 aliphatic carbocycles. The lowest BCUT2D eigenvalue weighted by Gasteiger charge is -2.14. The van der Waals surface area contributed by atoms with Gasteiger partial charge in [-0.1, -0.05) is 36.4 Å². The molecule has 27 heavy (non-hydrogen) atoms. The first-order chi connectivity index (χ1) is 13.2. The van der Waals surface area contributed by atoms with Gasteiger partial charge in [0.25, 0.3) is 5.56 Å². The predicted molar refractivity (Wildman–Crippen MR) is 109 cm³/mol. The summed E-state index contributed by atoms with van der Waals surface area (Å²) in [5.41, 5.74) is 0.406. The third-order valence-corrected chi connectivity index (χ3v) is 5.09. The molecule has 0 fully saturated rings. The van der Waals surface area contributed by atoms with Crippen LogP contribution in [0.3, 0.4) is 0 Å². The Hall–Kier alpha value is -3.44. The van der Waals surface area contributed by atoms with Crippen LogP contribution < -0.4 is 5.56 Å². The van der Waals surface area contributed by atoms with Gasteiger partial charge in [-0.25, -0.2) is 0 Å². The SMILES string of the molecule is O=C(C=Cc1cccs1)c1c(O)c2ccccc2n(-c2ccccc2)c1=O. The second-order valence-corrected chi connectivity index (χ2v) is 6.91. The van der Waals surface area contributed by atoms with Gasteiger partial charge in [-0.3, -0.25) is 14.2 Å². The van der Waals surface area contributed by atoms with Gasteiger partial charge in [0.1, 0.15) is 11.3 Å². The number of para-hydroxylation sites is 2. The Bertz CT molecular complexity index is 1210. The van der Waals surface area contributed by atoms with Crippen LogP contribution in [0.1, 0.15) is 15.2 Å². The van der Waals surface area contributed by atoms with Crippen molar-refractivity contribution in [2.45, 2.75) is 0 Å². The molecule has 4 rings (SSSR count). The smallest absolute Gasteiger partial charge is 0.270 e. The van der Waals surface area contributed by atoms with E-state index in [4.69, 9.17) is 0 Å². The molecule has 4 nitrogen and oxygen atoms in total. The molecule has 0 saturated carbocycles. The van der Waals surface area contributed by atoms with Crippen molar-refractivity contribution in [1.82, 2.24) is 4.57 Å². The van der Waals surface area contributed by atoms with Crippen LogP contribution in [0.4, 0.5) is 0 Å². The van der Waals surface area contributed by atoms with Crippen LogP contribution in [0, 0.1) is 0 Å². The number of aromatic hydroxyl groups is 1. The van der Waals surface area contributed by atoms with Gasteiger partial charge in [0.2, 0.25) is 0 Å². The van der Waals surface area contributed by atoms with Crippen molar-refractivity contribution in [3.05, 3.63) is 99.0 Å². The molecule has 0 saturated heterocycles. The van der Waals surface area contributed by atoms with E-state index in [1.54, 1.807) is 42.5 Å². The number of aromatic nitrogens is 1. The Morgan fingerprint density at radius 1 is 0.963 bits per heavy atom. The van der Waals surface area contributed by atoms with Gasteiger partial charge in [-0.15, -0.1) is 11.3 Å². The summed E-state index contributed by atoms with van der Waals surface area (Å²) < 4.78 is 1.46. The highest BCUT2D eigenvalue weighted by molar-refractivity contribution is 7.10. The molecule has 0 aliphatic rings. The number of thiophene rings is 1. The number of carbonyl (C=O) groups is 1. The molecule has 132 valence electrons. The maximum Gasteiger partial charge on any atom is 0.270 e.